The Balaban J connectivity index is 1.38. The Kier molecular flexibility index (Phi) is 5.91. The van der Waals surface area contributed by atoms with E-state index in [0.717, 1.165) is 23.2 Å². The summed E-state index contributed by atoms with van der Waals surface area (Å²) in [4.78, 5) is 28.0. The van der Waals surface area contributed by atoms with Crippen LogP contribution in [0.3, 0.4) is 0 Å². The zero-order valence-corrected chi connectivity index (χ0v) is 19.5. The summed E-state index contributed by atoms with van der Waals surface area (Å²) in [6.45, 7) is 2.45. The van der Waals surface area contributed by atoms with E-state index in [0.29, 0.717) is 28.4 Å². The minimum Gasteiger partial charge on any atom is -0.322 e. The van der Waals surface area contributed by atoms with Crippen LogP contribution in [-0.4, -0.2) is 18.4 Å². The molecule has 0 spiro atoms. The van der Waals surface area contributed by atoms with Crippen LogP contribution in [0, 0.1) is 6.92 Å². The molecule has 0 unspecified atom stereocenters. The molecule has 1 heterocycles. The van der Waals surface area contributed by atoms with Crippen molar-refractivity contribution in [1.82, 2.24) is 0 Å². The van der Waals surface area contributed by atoms with Crippen molar-refractivity contribution in [1.29, 1.82) is 0 Å². The van der Waals surface area contributed by atoms with Gasteiger partial charge in [0.15, 0.2) is 0 Å². The van der Waals surface area contributed by atoms with Crippen molar-refractivity contribution in [2.45, 2.75) is 13.3 Å². The highest BCUT2D eigenvalue weighted by molar-refractivity contribution is 6.30. The van der Waals surface area contributed by atoms with E-state index in [1.165, 1.54) is 11.1 Å². The standard InChI is InChI=1S/C29H23ClN2O2/c1-19-18-22(30)12-15-24(19)28(33)31-23-13-10-21(11-14-23)29(34)32-17-16-20-6-2-3-7-25(20)26-8-4-5-9-27(26)32/h2-15,18H,16-17H2,1H3,(H,31,33). The molecule has 0 aromatic heterocycles. The van der Waals surface area contributed by atoms with Gasteiger partial charge in [-0.3, -0.25) is 9.59 Å². The Hall–Kier alpha value is -3.89. The second-order valence-electron chi connectivity index (χ2n) is 8.37. The van der Waals surface area contributed by atoms with Crippen LogP contribution in [0.5, 0.6) is 0 Å². The summed E-state index contributed by atoms with van der Waals surface area (Å²) in [5.41, 5.74) is 6.94. The number of aryl methyl sites for hydroxylation is 1. The SMILES string of the molecule is Cc1cc(Cl)ccc1C(=O)Nc1ccc(C(=O)N2CCc3ccccc3-c3ccccc32)cc1. The lowest BCUT2D eigenvalue weighted by Crippen LogP contribution is -2.32. The normalized spacial score (nSPS) is 12.4. The predicted octanol–water partition coefficient (Wildman–Crippen LogP) is 6.77. The predicted molar refractivity (Wildman–Crippen MR) is 138 cm³/mol. The van der Waals surface area contributed by atoms with Crippen LogP contribution in [0.2, 0.25) is 5.02 Å². The van der Waals surface area contributed by atoms with Crippen LogP contribution in [0.25, 0.3) is 11.1 Å². The van der Waals surface area contributed by atoms with Gasteiger partial charge in [0.05, 0.1) is 5.69 Å². The first-order valence-electron chi connectivity index (χ1n) is 11.2. The average molecular weight is 467 g/mol. The Morgan fingerprint density at radius 3 is 2.32 bits per heavy atom. The quantitative estimate of drug-likeness (QED) is 0.362. The maximum atomic E-state index is 13.5. The molecule has 0 bridgehead atoms. The second kappa shape index (κ2) is 9.16. The molecule has 0 saturated heterocycles. The summed E-state index contributed by atoms with van der Waals surface area (Å²) < 4.78 is 0. The molecule has 5 rings (SSSR count). The van der Waals surface area contributed by atoms with E-state index in [-0.39, 0.29) is 11.8 Å². The van der Waals surface area contributed by atoms with Crippen molar-refractivity contribution in [2.75, 3.05) is 16.8 Å². The molecular formula is C29H23ClN2O2. The van der Waals surface area contributed by atoms with E-state index in [4.69, 9.17) is 11.6 Å². The molecule has 0 saturated carbocycles. The van der Waals surface area contributed by atoms with Crippen molar-refractivity contribution in [3.8, 4) is 11.1 Å². The molecule has 4 nitrogen and oxygen atoms in total. The molecule has 4 aromatic rings. The summed E-state index contributed by atoms with van der Waals surface area (Å²) >= 11 is 5.99. The molecule has 1 aliphatic heterocycles. The van der Waals surface area contributed by atoms with Gasteiger partial charge in [-0.2, -0.15) is 0 Å². The van der Waals surface area contributed by atoms with Crippen LogP contribution in [0.15, 0.2) is 91.0 Å². The van der Waals surface area contributed by atoms with E-state index in [2.05, 4.69) is 23.5 Å². The lowest BCUT2D eigenvalue weighted by Gasteiger charge is -2.23. The van der Waals surface area contributed by atoms with Gasteiger partial charge in [-0.05, 0) is 78.6 Å². The number of halogens is 1. The number of carbonyl (C=O) groups is 2. The van der Waals surface area contributed by atoms with Gasteiger partial charge in [-0.25, -0.2) is 0 Å². The first-order chi connectivity index (χ1) is 16.5. The summed E-state index contributed by atoms with van der Waals surface area (Å²) in [5.74, 6) is -0.279. The first kappa shape index (κ1) is 21.9. The molecular weight excluding hydrogens is 444 g/mol. The zero-order valence-electron chi connectivity index (χ0n) is 18.7. The Labute approximate surface area is 203 Å². The summed E-state index contributed by atoms with van der Waals surface area (Å²) in [7, 11) is 0. The third-order valence-corrected chi connectivity index (χ3v) is 6.41. The molecule has 34 heavy (non-hydrogen) atoms. The number of amides is 2. The molecule has 168 valence electrons. The average Bonchev–Trinajstić information content (AvgIpc) is 3.01. The highest BCUT2D eigenvalue weighted by Crippen LogP contribution is 2.36. The van der Waals surface area contributed by atoms with Crippen molar-refractivity contribution >= 4 is 34.8 Å². The lowest BCUT2D eigenvalue weighted by atomic mass is 9.98. The van der Waals surface area contributed by atoms with Gasteiger partial charge in [0, 0.05) is 33.9 Å². The molecule has 4 aromatic carbocycles. The summed E-state index contributed by atoms with van der Waals surface area (Å²) in [5, 5.41) is 3.49. The second-order valence-corrected chi connectivity index (χ2v) is 8.81. The molecule has 1 N–H and O–H groups in total. The van der Waals surface area contributed by atoms with Crippen LogP contribution in [0.4, 0.5) is 11.4 Å². The topological polar surface area (TPSA) is 49.4 Å². The number of rotatable bonds is 3. The van der Waals surface area contributed by atoms with Crippen molar-refractivity contribution in [3.63, 3.8) is 0 Å². The Morgan fingerprint density at radius 2 is 1.56 bits per heavy atom. The van der Waals surface area contributed by atoms with Crippen LogP contribution in [-0.2, 0) is 6.42 Å². The number of benzene rings is 4. The van der Waals surface area contributed by atoms with Gasteiger partial charge in [0.25, 0.3) is 11.8 Å². The smallest absolute Gasteiger partial charge is 0.258 e. The summed E-state index contributed by atoms with van der Waals surface area (Å²) in [6.07, 6.45) is 0.783. The fourth-order valence-corrected chi connectivity index (χ4v) is 4.66. The monoisotopic (exact) mass is 466 g/mol. The van der Waals surface area contributed by atoms with Crippen LogP contribution >= 0.6 is 11.6 Å². The minimum atomic E-state index is -0.215. The Morgan fingerprint density at radius 1 is 0.853 bits per heavy atom. The molecule has 0 radical (unpaired) electrons. The highest BCUT2D eigenvalue weighted by Gasteiger charge is 2.24. The van der Waals surface area contributed by atoms with E-state index in [1.807, 2.05) is 42.2 Å². The van der Waals surface area contributed by atoms with Crippen LogP contribution in [0.1, 0.15) is 31.8 Å². The third-order valence-electron chi connectivity index (χ3n) is 6.18. The maximum absolute atomic E-state index is 13.5. The fraction of sp³-hybridized carbons (Fsp3) is 0.103. The van der Waals surface area contributed by atoms with Gasteiger partial charge in [-0.15, -0.1) is 0 Å². The van der Waals surface area contributed by atoms with Crippen LogP contribution < -0.4 is 10.2 Å². The van der Waals surface area contributed by atoms with E-state index in [9.17, 15) is 9.59 Å². The molecule has 1 aliphatic rings. The van der Waals surface area contributed by atoms with E-state index >= 15 is 0 Å². The number of para-hydroxylation sites is 1. The first-order valence-corrected chi connectivity index (χ1v) is 11.6. The van der Waals surface area contributed by atoms with Gasteiger partial charge in [0.1, 0.15) is 0 Å². The maximum Gasteiger partial charge on any atom is 0.258 e. The largest absolute Gasteiger partial charge is 0.322 e. The molecule has 0 fully saturated rings. The summed E-state index contributed by atoms with van der Waals surface area (Å²) in [6, 6.07) is 28.5. The van der Waals surface area contributed by atoms with E-state index in [1.54, 1.807) is 42.5 Å². The number of hydrogen-bond acceptors (Lipinski definition) is 2. The number of carbonyl (C=O) groups excluding carboxylic acids is 2. The number of fused-ring (bicyclic) bond motifs is 3. The van der Waals surface area contributed by atoms with Crippen molar-refractivity contribution in [2.24, 2.45) is 0 Å². The molecule has 0 aliphatic carbocycles. The zero-order chi connectivity index (χ0) is 23.7. The minimum absolute atomic E-state index is 0.0633. The molecule has 2 amide bonds. The number of anilines is 2. The Bertz CT molecular complexity index is 1400. The fourth-order valence-electron chi connectivity index (χ4n) is 4.43. The highest BCUT2D eigenvalue weighted by atomic mass is 35.5. The van der Waals surface area contributed by atoms with Crippen molar-refractivity contribution < 1.29 is 9.59 Å². The number of hydrogen-bond donors (Lipinski definition) is 1. The van der Waals surface area contributed by atoms with Gasteiger partial charge >= 0.3 is 0 Å². The molecule has 0 atom stereocenters. The lowest BCUT2D eigenvalue weighted by molar-refractivity contribution is 0.0986. The van der Waals surface area contributed by atoms with Gasteiger partial charge in [-0.1, -0.05) is 54.1 Å². The third kappa shape index (κ3) is 4.20. The van der Waals surface area contributed by atoms with Gasteiger partial charge in [0.2, 0.25) is 0 Å². The molecule has 5 heteroatoms. The van der Waals surface area contributed by atoms with E-state index < -0.39 is 0 Å². The van der Waals surface area contributed by atoms with Crippen molar-refractivity contribution in [3.05, 3.63) is 118 Å². The number of nitrogens with one attached hydrogen (secondary N) is 1. The van der Waals surface area contributed by atoms with Gasteiger partial charge < -0.3 is 10.2 Å². The number of nitrogens with zero attached hydrogens (tertiary/aromatic N) is 1.